The van der Waals surface area contributed by atoms with Crippen LogP contribution in [-0.2, 0) is 11.4 Å². The fourth-order valence-electron chi connectivity index (χ4n) is 2.34. The quantitative estimate of drug-likeness (QED) is 0.734. The van der Waals surface area contributed by atoms with Gasteiger partial charge in [-0.05, 0) is 30.2 Å². The molecule has 0 atom stereocenters. The molecular weight excluding hydrogens is 338 g/mol. The van der Waals surface area contributed by atoms with Gasteiger partial charge in [-0.15, -0.1) is 11.3 Å². The van der Waals surface area contributed by atoms with E-state index in [4.69, 9.17) is 4.74 Å². The Morgan fingerprint density at radius 1 is 1.32 bits per heavy atom. The number of nitrogens with zero attached hydrogens (tertiary/aromatic N) is 2. The highest BCUT2D eigenvalue weighted by Gasteiger charge is 2.06. The van der Waals surface area contributed by atoms with Crippen LogP contribution in [0.5, 0.6) is 5.75 Å². The fraction of sp³-hybridized carbons (Fsp3) is 0.278. The van der Waals surface area contributed by atoms with Crippen molar-refractivity contribution in [3.63, 3.8) is 0 Å². The first-order chi connectivity index (χ1) is 12.0. The van der Waals surface area contributed by atoms with Crippen molar-refractivity contribution >= 4 is 27.9 Å². The van der Waals surface area contributed by atoms with E-state index in [2.05, 4.69) is 10.3 Å². The van der Waals surface area contributed by atoms with E-state index >= 15 is 0 Å². The van der Waals surface area contributed by atoms with Crippen LogP contribution in [0.4, 0.5) is 5.69 Å². The third kappa shape index (κ3) is 4.45. The molecule has 1 amide bonds. The van der Waals surface area contributed by atoms with Crippen LogP contribution in [0.15, 0.2) is 46.7 Å². The van der Waals surface area contributed by atoms with Crippen molar-refractivity contribution in [3.8, 4) is 5.75 Å². The monoisotopic (exact) mass is 357 g/mol. The van der Waals surface area contributed by atoms with Crippen LogP contribution in [0.2, 0.25) is 0 Å². The number of thiazole rings is 1. The summed E-state index contributed by atoms with van der Waals surface area (Å²) in [5.41, 5.74) is 1.20. The minimum absolute atomic E-state index is 0.00223. The second-order valence-corrected chi connectivity index (χ2v) is 6.97. The molecule has 0 radical (unpaired) electrons. The van der Waals surface area contributed by atoms with Crippen molar-refractivity contribution in [2.45, 2.75) is 26.9 Å². The maximum absolute atomic E-state index is 11.9. The molecule has 3 aromatic rings. The molecule has 2 heterocycles. The number of carbonyl (C=O) groups excluding carboxylic acids is 1. The van der Waals surface area contributed by atoms with Crippen LogP contribution in [0.25, 0.3) is 4.96 Å². The zero-order chi connectivity index (χ0) is 17.8. The summed E-state index contributed by atoms with van der Waals surface area (Å²) in [5.74, 6) is 0.965. The molecule has 0 saturated heterocycles. The number of hydrogen-bond acceptors (Lipinski definition) is 5. The van der Waals surface area contributed by atoms with Crippen molar-refractivity contribution < 1.29 is 9.53 Å². The molecule has 1 N–H and O–H groups in total. The Morgan fingerprint density at radius 3 is 2.80 bits per heavy atom. The fourth-order valence-corrected chi connectivity index (χ4v) is 3.07. The van der Waals surface area contributed by atoms with Crippen molar-refractivity contribution in [2.24, 2.45) is 5.92 Å². The first kappa shape index (κ1) is 17.2. The average Bonchev–Trinajstić information content (AvgIpc) is 3.02. The van der Waals surface area contributed by atoms with Crippen LogP contribution in [0, 0.1) is 5.92 Å². The molecule has 0 aliphatic heterocycles. The lowest BCUT2D eigenvalue weighted by atomic mass is 10.1. The zero-order valence-corrected chi connectivity index (χ0v) is 14.9. The van der Waals surface area contributed by atoms with Crippen LogP contribution in [0.1, 0.15) is 26.0 Å². The molecule has 7 heteroatoms. The summed E-state index contributed by atoms with van der Waals surface area (Å²) in [6, 6.07) is 8.61. The van der Waals surface area contributed by atoms with Crippen molar-refractivity contribution in [3.05, 3.63) is 58.0 Å². The number of fused-ring (bicyclic) bond motifs is 1. The Kier molecular flexibility index (Phi) is 5.14. The van der Waals surface area contributed by atoms with Crippen LogP contribution in [-0.4, -0.2) is 15.3 Å². The molecule has 0 aliphatic carbocycles. The van der Waals surface area contributed by atoms with E-state index in [0.717, 1.165) is 5.69 Å². The Balaban J connectivity index is 1.61. The van der Waals surface area contributed by atoms with Gasteiger partial charge in [-0.25, -0.2) is 4.98 Å². The standard InChI is InChI=1S/C18H19N3O3S/c1-12(2)9-16(22)19-13-3-5-15(6-4-13)24-11-14-10-17(23)21-7-8-25-18(21)20-14/h3-8,10,12H,9,11H2,1-2H3,(H,19,22). The van der Waals surface area contributed by atoms with Crippen molar-refractivity contribution in [2.75, 3.05) is 5.32 Å². The third-order valence-electron chi connectivity index (χ3n) is 3.47. The van der Waals surface area contributed by atoms with E-state index in [9.17, 15) is 9.59 Å². The number of aromatic nitrogens is 2. The Morgan fingerprint density at radius 2 is 2.08 bits per heavy atom. The van der Waals surface area contributed by atoms with Crippen LogP contribution in [0.3, 0.4) is 0 Å². The largest absolute Gasteiger partial charge is 0.487 e. The summed E-state index contributed by atoms with van der Waals surface area (Å²) in [6.45, 7) is 4.22. The number of amides is 1. The van der Waals surface area contributed by atoms with E-state index in [1.165, 1.54) is 21.8 Å². The number of benzene rings is 1. The lowest BCUT2D eigenvalue weighted by Gasteiger charge is -2.09. The van der Waals surface area contributed by atoms with E-state index in [-0.39, 0.29) is 18.1 Å². The molecule has 0 bridgehead atoms. The molecule has 1 aromatic carbocycles. The van der Waals surface area contributed by atoms with Gasteiger partial charge in [-0.1, -0.05) is 13.8 Å². The molecule has 2 aromatic heterocycles. The summed E-state index contributed by atoms with van der Waals surface area (Å²) in [4.78, 5) is 28.7. The molecule has 25 heavy (non-hydrogen) atoms. The predicted molar refractivity (Wildman–Crippen MR) is 98.2 cm³/mol. The number of ether oxygens (including phenoxy) is 1. The molecule has 3 rings (SSSR count). The normalized spacial score (nSPS) is 11.0. The minimum atomic E-state index is -0.118. The molecule has 130 valence electrons. The van der Waals surface area contributed by atoms with Gasteiger partial charge in [0.05, 0.1) is 5.69 Å². The average molecular weight is 357 g/mol. The minimum Gasteiger partial charge on any atom is -0.487 e. The highest BCUT2D eigenvalue weighted by molar-refractivity contribution is 7.15. The van der Waals surface area contributed by atoms with Gasteiger partial charge in [-0.3, -0.25) is 14.0 Å². The van der Waals surface area contributed by atoms with E-state index in [1.807, 2.05) is 19.2 Å². The van der Waals surface area contributed by atoms with E-state index in [0.29, 0.717) is 28.7 Å². The van der Waals surface area contributed by atoms with Gasteiger partial charge in [0.15, 0.2) is 4.96 Å². The van der Waals surface area contributed by atoms with Gasteiger partial charge in [0.1, 0.15) is 12.4 Å². The molecule has 6 nitrogen and oxygen atoms in total. The summed E-state index contributed by atoms with van der Waals surface area (Å²) >= 11 is 1.41. The van der Waals surface area contributed by atoms with Gasteiger partial charge < -0.3 is 10.1 Å². The maximum atomic E-state index is 11.9. The predicted octanol–water partition coefficient (Wildman–Crippen LogP) is 3.32. The lowest BCUT2D eigenvalue weighted by Crippen LogP contribution is -2.14. The van der Waals surface area contributed by atoms with Gasteiger partial charge in [0, 0.05) is 29.8 Å². The number of nitrogens with one attached hydrogen (secondary N) is 1. The number of rotatable bonds is 6. The second kappa shape index (κ2) is 7.48. The molecule has 0 spiro atoms. The number of hydrogen-bond donors (Lipinski definition) is 1. The Bertz CT molecular complexity index is 929. The van der Waals surface area contributed by atoms with E-state index < -0.39 is 0 Å². The lowest BCUT2D eigenvalue weighted by molar-refractivity contribution is -0.116. The van der Waals surface area contributed by atoms with Gasteiger partial charge in [0.25, 0.3) is 5.56 Å². The van der Waals surface area contributed by atoms with Gasteiger partial charge in [-0.2, -0.15) is 0 Å². The van der Waals surface area contributed by atoms with Gasteiger partial charge in [0.2, 0.25) is 5.91 Å². The summed E-state index contributed by atoms with van der Waals surface area (Å²) in [7, 11) is 0. The smallest absolute Gasteiger partial charge is 0.258 e. The topological polar surface area (TPSA) is 72.7 Å². The first-order valence-corrected chi connectivity index (χ1v) is 8.88. The Hall–Kier alpha value is -2.67. The number of carbonyl (C=O) groups is 1. The summed E-state index contributed by atoms with van der Waals surface area (Å²) < 4.78 is 7.18. The summed E-state index contributed by atoms with van der Waals surface area (Å²) in [6.07, 6.45) is 2.19. The molecule has 0 fully saturated rings. The molecular formula is C18H19N3O3S. The molecule has 0 unspecified atom stereocenters. The van der Waals surface area contributed by atoms with Crippen molar-refractivity contribution in [1.29, 1.82) is 0 Å². The first-order valence-electron chi connectivity index (χ1n) is 8.00. The molecule has 0 saturated carbocycles. The van der Waals surface area contributed by atoms with Crippen molar-refractivity contribution in [1.82, 2.24) is 9.38 Å². The van der Waals surface area contributed by atoms with E-state index in [1.54, 1.807) is 30.5 Å². The maximum Gasteiger partial charge on any atom is 0.258 e. The van der Waals surface area contributed by atoms with Crippen LogP contribution < -0.4 is 15.6 Å². The highest BCUT2D eigenvalue weighted by Crippen LogP contribution is 2.17. The zero-order valence-electron chi connectivity index (χ0n) is 14.1. The van der Waals surface area contributed by atoms with Crippen LogP contribution >= 0.6 is 11.3 Å². The Labute approximate surface area is 149 Å². The second-order valence-electron chi connectivity index (χ2n) is 6.10. The SMILES string of the molecule is CC(C)CC(=O)Nc1ccc(OCc2cc(=O)n3ccsc3n2)cc1. The third-order valence-corrected chi connectivity index (χ3v) is 4.23. The summed E-state index contributed by atoms with van der Waals surface area (Å²) in [5, 5.41) is 4.67. The molecule has 0 aliphatic rings. The highest BCUT2D eigenvalue weighted by atomic mass is 32.1. The van der Waals surface area contributed by atoms with Gasteiger partial charge >= 0.3 is 0 Å². The number of anilines is 1.